The summed E-state index contributed by atoms with van der Waals surface area (Å²) in [7, 11) is 0. The molecule has 0 spiro atoms. The topological polar surface area (TPSA) is 0 Å². The van der Waals surface area contributed by atoms with Crippen molar-refractivity contribution in [2.75, 3.05) is 0 Å². The van der Waals surface area contributed by atoms with Crippen LogP contribution in [-0.4, -0.2) is 0 Å². The SMILES string of the molecule is c1ccc(-c2c3ccccc3c(-c3ccc4c(c3)sc3c(-c5c6ccccc6c(-c6ccsc6)c6ccccc56)cccc34)c3ccccc23)cc1. The van der Waals surface area contributed by atoms with Gasteiger partial charge in [0.15, 0.2) is 0 Å². The molecule has 0 atom stereocenters. The van der Waals surface area contributed by atoms with Gasteiger partial charge in [-0.05, 0) is 105 Å². The Balaban J connectivity index is 1.18. The Morgan fingerprint density at radius 1 is 0.308 bits per heavy atom. The predicted molar refractivity (Wildman–Crippen MR) is 229 cm³/mol. The number of hydrogen-bond acceptors (Lipinski definition) is 2. The maximum absolute atomic E-state index is 2.44. The summed E-state index contributed by atoms with van der Waals surface area (Å²) in [5.41, 5.74) is 10.3. The van der Waals surface area contributed by atoms with Crippen LogP contribution in [0.5, 0.6) is 0 Å². The first kappa shape index (κ1) is 29.6. The first-order valence-corrected chi connectivity index (χ1v) is 19.5. The van der Waals surface area contributed by atoms with E-state index in [9.17, 15) is 0 Å². The van der Waals surface area contributed by atoms with Crippen LogP contribution >= 0.6 is 22.7 Å². The summed E-state index contributed by atoms with van der Waals surface area (Å²) < 4.78 is 2.64. The van der Waals surface area contributed by atoms with E-state index in [2.05, 4.69) is 181 Å². The van der Waals surface area contributed by atoms with Crippen LogP contribution in [0.25, 0.3) is 108 Å². The average molecular weight is 695 g/mol. The van der Waals surface area contributed by atoms with Crippen LogP contribution in [0.2, 0.25) is 0 Å². The highest BCUT2D eigenvalue weighted by atomic mass is 32.1. The lowest BCUT2D eigenvalue weighted by atomic mass is 9.85. The van der Waals surface area contributed by atoms with Crippen LogP contribution in [0.3, 0.4) is 0 Å². The van der Waals surface area contributed by atoms with Crippen molar-refractivity contribution in [2.45, 2.75) is 0 Å². The van der Waals surface area contributed by atoms with Crippen molar-refractivity contribution in [1.29, 1.82) is 0 Å². The Morgan fingerprint density at radius 2 is 0.788 bits per heavy atom. The molecular weight excluding hydrogens is 665 g/mol. The van der Waals surface area contributed by atoms with Crippen LogP contribution in [0.15, 0.2) is 181 Å². The molecule has 0 saturated heterocycles. The van der Waals surface area contributed by atoms with Crippen molar-refractivity contribution in [3.05, 3.63) is 181 Å². The Hall–Kier alpha value is -6.06. The van der Waals surface area contributed by atoms with Gasteiger partial charge in [-0.3, -0.25) is 0 Å². The van der Waals surface area contributed by atoms with E-state index in [1.54, 1.807) is 11.3 Å². The highest BCUT2D eigenvalue weighted by Gasteiger charge is 2.21. The Kier molecular flexibility index (Phi) is 6.70. The van der Waals surface area contributed by atoms with Crippen LogP contribution in [0.1, 0.15) is 0 Å². The molecule has 11 rings (SSSR count). The smallest absolute Gasteiger partial charge is 0.0434 e. The normalized spacial score (nSPS) is 11.8. The lowest BCUT2D eigenvalue weighted by molar-refractivity contribution is 1.66. The predicted octanol–water partition coefficient (Wildman–Crippen LogP) is 15.4. The largest absolute Gasteiger partial charge is 0.152 e. The van der Waals surface area contributed by atoms with Crippen molar-refractivity contribution >= 4 is 85.9 Å². The fourth-order valence-corrected chi connectivity index (χ4v) is 10.6. The van der Waals surface area contributed by atoms with Gasteiger partial charge in [-0.2, -0.15) is 11.3 Å². The van der Waals surface area contributed by atoms with Crippen molar-refractivity contribution in [2.24, 2.45) is 0 Å². The molecule has 0 aliphatic heterocycles. The molecular formula is C50H30S2. The van der Waals surface area contributed by atoms with Crippen molar-refractivity contribution < 1.29 is 0 Å². The van der Waals surface area contributed by atoms with Crippen molar-refractivity contribution in [3.63, 3.8) is 0 Å². The van der Waals surface area contributed by atoms with E-state index in [1.165, 1.54) is 108 Å². The molecule has 0 saturated carbocycles. The van der Waals surface area contributed by atoms with Gasteiger partial charge in [0.1, 0.15) is 0 Å². The van der Waals surface area contributed by atoms with Gasteiger partial charge < -0.3 is 0 Å². The van der Waals surface area contributed by atoms with Gasteiger partial charge in [0.05, 0.1) is 0 Å². The van der Waals surface area contributed by atoms with Gasteiger partial charge in [0.25, 0.3) is 0 Å². The van der Waals surface area contributed by atoms with E-state index >= 15 is 0 Å². The van der Waals surface area contributed by atoms with Gasteiger partial charge in [-0.1, -0.05) is 158 Å². The monoisotopic (exact) mass is 694 g/mol. The van der Waals surface area contributed by atoms with Crippen LogP contribution in [0.4, 0.5) is 0 Å². The summed E-state index contributed by atoms with van der Waals surface area (Å²) in [5.74, 6) is 0. The number of rotatable bonds is 4. The van der Waals surface area contributed by atoms with Gasteiger partial charge in [-0.25, -0.2) is 0 Å². The summed E-state index contributed by atoms with van der Waals surface area (Å²) in [5, 5.41) is 17.4. The minimum absolute atomic E-state index is 1.25. The third kappa shape index (κ3) is 4.38. The summed E-state index contributed by atoms with van der Waals surface area (Å²) in [6.07, 6.45) is 0. The Bertz CT molecular complexity index is 3050. The van der Waals surface area contributed by atoms with Crippen LogP contribution in [-0.2, 0) is 0 Å². The summed E-state index contributed by atoms with van der Waals surface area (Å²) in [4.78, 5) is 0. The lowest BCUT2D eigenvalue weighted by Gasteiger charge is -2.17. The number of hydrogen-bond donors (Lipinski definition) is 0. The minimum atomic E-state index is 1.25. The van der Waals surface area contributed by atoms with E-state index in [1.807, 2.05) is 11.3 Å². The molecule has 0 nitrogen and oxygen atoms in total. The standard InChI is InChI=1S/C50H30S2/c1-2-13-31(14-3-1)46-35-15-4-6-17-37(35)47(38-18-7-5-16-36(38)46)32-25-26-34-43-23-12-24-44(50(43)52-45(34)29-32)49-41-21-10-8-19-39(41)48(33-27-28-51-30-33)40-20-9-11-22-42(40)49/h1-30H. The molecule has 52 heavy (non-hydrogen) atoms. The Labute approximate surface area is 309 Å². The molecule has 0 fully saturated rings. The molecule has 2 heteroatoms. The maximum Gasteiger partial charge on any atom is 0.0434 e. The molecule has 2 aromatic heterocycles. The highest BCUT2D eigenvalue weighted by Crippen LogP contribution is 2.49. The second-order valence-corrected chi connectivity index (χ2v) is 15.4. The van der Waals surface area contributed by atoms with Crippen LogP contribution in [0, 0.1) is 0 Å². The fraction of sp³-hybridized carbons (Fsp3) is 0. The quantitative estimate of drug-likeness (QED) is 0.161. The van der Waals surface area contributed by atoms with Gasteiger partial charge in [0.2, 0.25) is 0 Å². The maximum atomic E-state index is 2.44. The number of benzene rings is 9. The third-order valence-electron chi connectivity index (χ3n) is 10.8. The molecule has 0 aliphatic rings. The molecule has 0 radical (unpaired) electrons. The summed E-state index contributed by atoms with van der Waals surface area (Å²) in [6, 6.07) is 63.0. The summed E-state index contributed by atoms with van der Waals surface area (Å²) >= 11 is 3.68. The van der Waals surface area contributed by atoms with Gasteiger partial charge in [-0.15, -0.1) is 11.3 Å². The van der Waals surface area contributed by atoms with Crippen LogP contribution < -0.4 is 0 Å². The van der Waals surface area contributed by atoms with E-state index < -0.39 is 0 Å². The zero-order valence-electron chi connectivity index (χ0n) is 28.1. The summed E-state index contributed by atoms with van der Waals surface area (Å²) in [6.45, 7) is 0. The zero-order chi connectivity index (χ0) is 34.2. The molecule has 242 valence electrons. The fourth-order valence-electron chi connectivity index (χ4n) is 8.64. The molecule has 2 heterocycles. The molecule has 0 N–H and O–H groups in total. The highest BCUT2D eigenvalue weighted by molar-refractivity contribution is 7.26. The number of thiophene rings is 2. The molecule has 0 unspecified atom stereocenters. The lowest BCUT2D eigenvalue weighted by Crippen LogP contribution is -1.90. The van der Waals surface area contributed by atoms with Crippen molar-refractivity contribution in [3.8, 4) is 44.5 Å². The van der Waals surface area contributed by atoms with E-state index in [0.717, 1.165) is 0 Å². The van der Waals surface area contributed by atoms with Gasteiger partial charge >= 0.3 is 0 Å². The first-order valence-electron chi connectivity index (χ1n) is 17.7. The zero-order valence-corrected chi connectivity index (χ0v) is 29.8. The molecule has 11 aromatic rings. The third-order valence-corrected chi connectivity index (χ3v) is 12.7. The second-order valence-electron chi connectivity index (χ2n) is 13.6. The Morgan fingerprint density at radius 3 is 1.33 bits per heavy atom. The molecule has 0 bridgehead atoms. The van der Waals surface area contributed by atoms with E-state index in [0.29, 0.717) is 0 Å². The molecule has 9 aromatic carbocycles. The van der Waals surface area contributed by atoms with Gasteiger partial charge in [0, 0.05) is 25.7 Å². The van der Waals surface area contributed by atoms with Crippen molar-refractivity contribution in [1.82, 2.24) is 0 Å². The molecule has 0 aliphatic carbocycles. The minimum Gasteiger partial charge on any atom is -0.152 e. The first-order chi connectivity index (χ1) is 25.8. The average Bonchev–Trinajstić information content (AvgIpc) is 3.88. The van der Waals surface area contributed by atoms with E-state index in [-0.39, 0.29) is 0 Å². The number of fused-ring (bicyclic) bond motifs is 7. The van der Waals surface area contributed by atoms with E-state index in [4.69, 9.17) is 0 Å². The molecule has 0 amide bonds. The second kappa shape index (κ2) is 11.7.